The van der Waals surface area contributed by atoms with Crippen LogP contribution in [0.5, 0.6) is 5.75 Å². The van der Waals surface area contributed by atoms with Crippen LogP contribution in [-0.2, 0) is 14.1 Å². The number of rotatable bonds is 6. The van der Waals surface area contributed by atoms with Crippen molar-refractivity contribution in [1.82, 2.24) is 0 Å². The number of thioether (sulfide) groups is 1. The maximum Gasteiger partial charge on any atom is 0.491 e. The molecule has 1 fully saturated rings. The maximum atomic E-state index is 11.5. The van der Waals surface area contributed by atoms with Crippen LogP contribution in [0, 0.1) is 0 Å². The van der Waals surface area contributed by atoms with E-state index in [0.717, 1.165) is 5.47 Å². The molecule has 1 heterocycles. The quantitative estimate of drug-likeness (QED) is 0.740. The summed E-state index contributed by atoms with van der Waals surface area (Å²) in [6, 6.07) is 4.65. The largest absolute Gasteiger partial charge is 0.496 e. The lowest BCUT2D eigenvalue weighted by atomic mass is 9.78. The summed E-state index contributed by atoms with van der Waals surface area (Å²) in [5, 5.41) is 9.15. The number of carbonyl (C=O) groups excluding carboxylic acids is 1. The smallest absolute Gasteiger partial charge is 0.491 e. The monoisotopic (exact) mass is 392 g/mol. The molecular weight excluding hydrogens is 367 g/mol. The summed E-state index contributed by atoms with van der Waals surface area (Å²) >= 11 is 1.17. The molecule has 1 aliphatic heterocycles. The van der Waals surface area contributed by atoms with Crippen molar-refractivity contribution < 1.29 is 28.7 Å². The number of benzene rings is 1. The number of ether oxygens (including phenoxy) is 1. The van der Waals surface area contributed by atoms with Gasteiger partial charge in [-0.3, -0.25) is 4.79 Å². The minimum Gasteiger partial charge on any atom is -0.496 e. The molecule has 0 aromatic heterocycles. The fraction of sp³-hybridized carbons (Fsp3) is 0.474. The summed E-state index contributed by atoms with van der Waals surface area (Å²) in [4.78, 5) is 22.7. The molecule has 1 aromatic carbocycles. The number of hydrogen-bond acceptors (Lipinski definition) is 6. The topological polar surface area (TPSA) is 82.1 Å². The SMILES string of the molecule is COc1cc(C(=O)O)ccc1C=C(CSC(C)=O)B1OC(C)(C)C(C)(C)O1. The third-order valence-corrected chi connectivity index (χ3v) is 5.70. The van der Waals surface area contributed by atoms with Gasteiger partial charge in [0.25, 0.3) is 0 Å². The van der Waals surface area contributed by atoms with Crippen molar-refractivity contribution in [3.8, 4) is 5.75 Å². The van der Waals surface area contributed by atoms with Crippen molar-refractivity contribution in [2.45, 2.75) is 45.8 Å². The highest BCUT2D eigenvalue weighted by Gasteiger charge is 2.52. The molecule has 6 nitrogen and oxygen atoms in total. The van der Waals surface area contributed by atoms with Gasteiger partial charge in [-0.05, 0) is 45.3 Å². The molecule has 1 saturated heterocycles. The van der Waals surface area contributed by atoms with Gasteiger partial charge in [0.15, 0.2) is 5.12 Å². The summed E-state index contributed by atoms with van der Waals surface area (Å²) in [6.07, 6.45) is 1.84. The van der Waals surface area contributed by atoms with Crippen LogP contribution in [0.2, 0.25) is 0 Å². The Bertz CT molecular complexity index is 755. The van der Waals surface area contributed by atoms with E-state index in [1.165, 1.54) is 37.9 Å². The van der Waals surface area contributed by atoms with Crippen molar-refractivity contribution in [1.29, 1.82) is 0 Å². The highest BCUT2D eigenvalue weighted by atomic mass is 32.2. The predicted octanol–water partition coefficient (Wildman–Crippen LogP) is 3.69. The average molecular weight is 392 g/mol. The van der Waals surface area contributed by atoms with E-state index in [1.807, 2.05) is 33.8 Å². The lowest BCUT2D eigenvalue weighted by Crippen LogP contribution is -2.41. The van der Waals surface area contributed by atoms with E-state index in [2.05, 4.69) is 0 Å². The zero-order chi connectivity index (χ0) is 20.4. The second-order valence-electron chi connectivity index (χ2n) is 7.35. The highest BCUT2D eigenvalue weighted by molar-refractivity contribution is 8.13. The highest BCUT2D eigenvalue weighted by Crippen LogP contribution is 2.39. The number of carbonyl (C=O) groups is 2. The number of hydrogen-bond donors (Lipinski definition) is 1. The Morgan fingerprint density at radius 3 is 2.30 bits per heavy atom. The van der Waals surface area contributed by atoms with E-state index in [0.29, 0.717) is 17.1 Å². The lowest BCUT2D eigenvalue weighted by molar-refractivity contribution is -0.109. The van der Waals surface area contributed by atoms with Crippen LogP contribution in [0.15, 0.2) is 23.7 Å². The van der Waals surface area contributed by atoms with Gasteiger partial charge in [-0.15, -0.1) is 0 Å². The third kappa shape index (κ3) is 4.94. The molecule has 0 spiro atoms. The van der Waals surface area contributed by atoms with E-state index in [1.54, 1.807) is 6.07 Å². The minimum absolute atomic E-state index is 0.00870. The standard InChI is InChI=1S/C19H25BO6S/c1-12(21)27-11-15(20-25-18(2,3)19(4,5)26-20)9-13-7-8-14(17(22)23)10-16(13)24-6/h7-10H,11H2,1-6H3,(H,22,23). The van der Waals surface area contributed by atoms with Gasteiger partial charge in [-0.2, -0.15) is 0 Å². The van der Waals surface area contributed by atoms with Crippen molar-refractivity contribution >= 4 is 36.0 Å². The molecule has 0 unspecified atom stereocenters. The Kier molecular flexibility index (Phi) is 6.45. The molecule has 2 rings (SSSR count). The van der Waals surface area contributed by atoms with Crippen LogP contribution in [0.1, 0.15) is 50.5 Å². The van der Waals surface area contributed by atoms with Gasteiger partial charge in [0.05, 0.1) is 23.9 Å². The van der Waals surface area contributed by atoms with Gasteiger partial charge < -0.3 is 19.2 Å². The first kappa shape index (κ1) is 21.5. The predicted molar refractivity (Wildman–Crippen MR) is 107 cm³/mol. The summed E-state index contributed by atoms with van der Waals surface area (Å²) in [5.41, 5.74) is 0.593. The Labute approximate surface area is 164 Å². The third-order valence-electron chi connectivity index (χ3n) is 4.82. The molecular formula is C19H25BO6S. The van der Waals surface area contributed by atoms with E-state index in [-0.39, 0.29) is 10.7 Å². The van der Waals surface area contributed by atoms with Crippen LogP contribution in [0.4, 0.5) is 0 Å². The molecule has 146 valence electrons. The molecule has 0 radical (unpaired) electrons. The Morgan fingerprint density at radius 1 is 1.22 bits per heavy atom. The number of carboxylic acids is 1. The number of methoxy groups -OCH3 is 1. The van der Waals surface area contributed by atoms with Gasteiger partial charge in [0.1, 0.15) is 5.75 Å². The summed E-state index contributed by atoms with van der Waals surface area (Å²) in [7, 11) is 0.877. The van der Waals surface area contributed by atoms with Gasteiger partial charge in [0, 0.05) is 18.2 Å². The fourth-order valence-electron chi connectivity index (χ4n) is 2.52. The molecule has 1 aromatic rings. The first-order valence-corrected chi connectivity index (χ1v) is 9.56. The normalized spacial score (nSPS) is 18.4. The zero-order valence-electron chi connectivity index (χ0n) is 16.5. The molecule has 0 saturated carbocycles. The van der Waals surface area contributed by atoms with E-state index < -0.39 is 24.3 Å². The molecule has 0 amide bonds. The molecule has 1 N–H and O–H groups in total. The summed E-state index contributed by atoms with van der Waals surface area (Å²) in [6.45, 7) is 9.36. The molecule has 0 bridgehead atoms. The van der Waals surface area contributed by atoms with Crippen LogP contribution < -0.4 is 4.74 Å². The molecule has 0 aliphatic carbocycles. The van der Waals surface area contributed by atoms with Crippen LogP contribution in [0.25, 0.3) is 6.08 Å². The van der Waals surface area contributed by atoms with E-state index >= 15 is 0 Å². The fourth-order valence-corrected chi connectivity index (χ4v) is 3.11. The first-order valence-electron chi connectivity index (χ1n) is 8.57. The Balaban J connectivity index is 2.42. The summed E-state index contributed by atoms with van der Waals surface area (Å²) < 4.78 is 17.6. The van der Waals surface area contributed by atoms with Crippen molar-refractivity contribution in [2.24, 2.45) is 0 Å². The zero-order valence-corrected chi connectivity index (χ0v) is 17.3. The second kappa shape index (κ2) is 8.08. The summed E-state index contributed by atoms with van der Waals surface area (Å²) in [5.74, 6) is -0.199. The Morgan fingerprint density at radius 2 is 1.81 bits per heavy atom. The van der Waals surface area contributed by atoms with Crippen LogP contribution >= 0.6 is 11.8 Å². The van der Waals surface area contributed by atoms with Crippen molar-refractivity contribution in [3.05, 3.63) is 34.8 Å². The number of aromatic carboxylic acids is 1. The number of carboxylic acid groups (broad SMARTS) is 1. The van der Waals surface area contributed by atoms with E-state index in [4.69, 9.17) is 19.2 Å². The molecule has 0 atom stereocenters. The lowest BCUT2D eigenvalue weighted by Gasteiger charge is -2.32. The minimum atomic E-state index is -1.03. The van der Waals surface area contributed by atoms with Gasteiger partial charge in [-0.25, -0.2) is 4.79 Å². The van der Waals surface area contributed by atoms with E-state index in [9.17, 15) is 9.59 Å². The maximum absolute atomic E-state index is 11.5. The van der Waals surface area contributed by atoms with Crippen molar-refractivity contribution in [3.63, 3.8) is 0 Å². The first-order chi connectivity index (χ1) is 12.5. The van der Waals surface area contributed by atoms with Gasteiger partial charge in [0.2, 0.25) is 0 Å². The van der Waals surface area contributed by atoms with Crippen molar-refractivity contribution in [2.75, 3.05) is 12.9 Å². The Hall–Kier alpha value is -1.77. The average Bonchev–Trinajstić information content (AvgIpc) is 2.78. The second-order valence-corrected chi connectivity index (χ2v) is 8.50. The van der Waals surface area contributed by atoms with Crippen LogP contribution in [0.3, 0.4) is 0 Å². The molecule has 8 heteroatoms. The van der Waals surface area contributed by atoms with Gasteiger partial charge in [-0.1, -0.05) is 23.9 Å². The van der Waals surface area contributed by atoms with Crippen LogP contribution in [-0.4, -0.2) is 47.4 Å². The molecule has 1 aliphatic rings. The van der Waals surface area contributed by atoms with Gasteiger partial charge >= 0.3 is 13.1 Å². The molecule has 27 heavy (non-hydrogen) atoms.